The van der Waals surface area contributed by atoms with Crippen LogP contribution in [0.25, 0.3) is 5.57 Å². The first kappa shape index (κ1) is 20.2. The second-order valence-electron chi connectivity index (χ2n) is 6.46. The summed E-state index contributed by atoms with van der Waals surface area (Å²) < 4.78 is 16.4. The van der Waals surface area contributed by atoms with Gasteiger partial charge in [-0.05, 0) is 18.9 Å². The first-order valence-electron chi connectivity index (χ1n) is 8.97. The minimum Gasteiger partial charge on any atom is -0.496 e. The molecule has 1 aliphatic rings. The van der Waals surface area contributed by atoms with Gasteiger partial charge in [-0.3, -0.25) is 9.69 Å². The lowest BCUT2D eigenvalue weighted by Crippen LogP contribution is -2.36. The Morgan fingerprint density at radius 3 is 2.43 bits per heavy atom. The lowest BCUT2D eigenvalue weighted by molar-refractivity contribution is -0.117. The molecule has 1 N–H and O–H groups in total. The van der Waals surface area contributed by atoms with E-state index in [0.717, 1.165) is 29.8 Å². The second kappa shape index (κ2) is 9.07. The summed E-state index contributed by atoms with van der Waals surface area (Å²) >= 11 is 1.44. The maximum absolute atomic E-state index is 12.3. The topological polar surface area (TPSA) is 72.9 Å². The molecule has 0 bridgehead atoms. The number of benzene rings is 1. The molecule has 1 amide bonds. The standard InChI is InChI=1S/C20H25N3O4S/c1-13-12-28-20(21-13)22-18(24)11-23-7-5-14(6-8-23)19-16(26-3)9-15(25-2)10-17(19)27-4/h5,9-10,12H,6-8,11H2,1-4H3,(H,21,22,24). The van der Waals surface area contributed by atoms with E-state index in [4.69, 9.17) is 14.2 Å². The number of hydrogen-bond donors (Lipinski definition) is 1. The Labute approximate surface area is 168 Å². The molecule has 150 valence electrons. The van der Waals surface area contributed by atoms with Crippen molar-refractivity contribution in [3.05, 3.63) is 34.8 Å². The van der Waals surface area contributed by atoms with Crippen LogP contribution in [0.1, 0.15) is 17.7 Å². The molecule has 0 radical (unpaired) electrons. The molecule has 7 nitrogen and oxygen atoms in total. The number of nitrogens with one attached hydrogen (secondary N) is 1. The zero-order valence-corrected chi connectivity index (χ0v) is 17.4. The summed E-state index contributed by atoms with van der Waals surface area (Å²) in [5, 5.41) is 5.41. The zero-order valence-electron chi connectivity index (χ0n) is 16.6. The van der Waals surface area contributed by atoms with Crippen molar-refractivity contribution in [2.45, 2.75) is 13.3 Å². The zero-order chi connectivity index (χ0) is 20.1. The number of ether oxygens (including phenoxy) is 3. The SMILES string of the molecule is COc1cc(OC)c(C2=CCN(CC(=O)Nc3nc(C)cs3)CC2)c(OC)c1. The molecule has 0 unspecified atom stereocenters. The number of aromatic nitrogens is 1. The number of rotatable bonds is 7. The van der Waals surface area contributed by atoms with Gasteiger partial charge in [0.15, 0.2) is 5.13 Å². The van der Waals surface area contributed by atoms with Gasteiger partial charge >= 0.3 is 0 Å². The molecule has 0 fully saturated rings. The second-order valence-corrected chi connectivity index (χ2v) is 7.32. The minimum atomic E-state index is -0.0502. The van der Waals surface area contributed by atoms with Crippen LogP contribution in [-0.4, -0.2) is 56.8 Å². The number of carbonyl (C=O) groups is 1. The predicted molar refractivity (Wildman–Crippen MR) is 111 cm³/mol. The molecular formula is C20H25N3O4S. The fourth-order valence-electron chi connectivity index (χ4n) is 3.18. The summed E-state index contributed by atoms with van der Waals surface area (Å²) in [4.78, 5) is 18.6. The van der Waals surface area contributed by atoms with Gasteiger partial charge < -0.3 is 19.5 Å². The number of carbonyl (C=O) groups excluding carboxylic acids is 1. The molecule has 1 aromatic heterocycles. The van der Waals surface area contributed by atoms with E-state index in [9.17, 15) is 4.79 Å². The van der Waals surface area contributed by atoms with E-state index in [2.05, 4.69) is 21.3 Å². The highest BCUT2D eigenvalue weighted by Gasteiger charge is 2.22. The first-order chi connectivity index (χ1) is 13.5. The Morgan fingerprint density at radius 1 is 1.21 bits per heavy atom. The van der Waals surface area contributed by atoms with Crippen LogP contribution in [0.3, 0.4) is 0 Å². The van der Waals surface area contributed by atoms with Crippen LogP contribution in [0.5, 0.6) is 17.2 Å². The van der Waals surface area contributed by atoms with Gasteiger partial charge in [-0.25, -0.2) is 4.98 Å². The molecule has 0 spiro atoms. The van der Waals surface area contributed by atoms with Crippen molar-refractivity contribution in [1.29, 1.82) is 0 Å². The quantitative estimate of drug-likeness (QED) is 0.765. The van der Waals surface area contributed by atoms with Gasteiger partial charge in [0, 0.05) is 30.6 Å². The molecule has 1 aromatic carbocycles. The molecule has 2 aromatic rings. The fraction of sp³-hybridized carbons (Fsp3) is 0.400. The first-order valence-corrected chi connectivity index (χ1v) is 9.85. The summed E-state index contributed by atoms with van der Waals surface area (Å²) in [5.74, 6) is 2.07. The van der Waals surface area contributed by atoms with Gasteiger partial charge in [-0.2, -0.15) is 0 Å². The average Bonchev–Trinajstić information content (AvgIpc) is 3.11. The maximum Gasteiger partial charge on any atom is 0.240 e. The molecular weight excluding hydrogens is 378 g/mol. The normalized spacial score (nSPS) is 14.4. The van der Waals surface area contributed by atoms with Gasteiger partial charge in [-0.15, -0.1) is 11.3 Å². The van der Waals surface area contributed by atoms with E-state index in [1.807, 2.05) is 24.4 Å². The minimum absolute atomic E-state index is 0.0502. The summed E-state index contributed by atoms with van der Waals surface area (Å²) in [6, 6.07) is 3.71. The lowest BCUT2D eigenvalue weighted by atomic mass is 9.97. The van der Waals surface area contributed by atoms with E-state index in [1.54, 1.807) is 21.3 Å². The lowest BCUT2D eigenvalue weighted by Gasteiger charge is -2.27. The van der Waals surface area contributed by atoms with Gasteiger partial charge in [-0.1, -0.05) is 6.08 Å². The van der Waals surface area contributed by atoms with Crippen LogP contribution >= 0.6 is 11.3 Å². The van der Waals surface area contributed by atoms with Gasteiger partial charge in [0.05, 0.1) is 39.1 Å². The third-order valence-electron chi connectivity index (χ3n) is 4.56. The van der Waals surface area contributed by atoms with Crippen molar-refractivity contribution in [2.24, 2.45) is 0 Å². The van der Waals surface area contributed by atoms with E-state index in [1.165, 1.54) is 11.3 Å². The Morgan fingerprint density at radius 2 is 1.93 bits per heavy atom. The van der Waals surface area contributed by atoms with Crippen molar-refractivity contribution < 1.29 is 19.0 Å². The number of nitrogens with zero attached hydrogens (tertiary/aromatic N) is 2. The van der Waals surface area contributed by atoms with Gasteiger partial charge in [0.25, 0.3) is 0 Å². The van der Waals surface area contributed by atoms with E-state index in [0.29, 0.717) is 35.5 Å². The molecule has 2 heterocycles. The van der Waals surface area contributed by atoms with Crippen molar-refractivity contribution >= 4 is 27.9 Å². The van der Waals surface area contributed by atoms with E-state index < -0.39 is 0 Å². The molecule has 0 saturated heterocycles. The number of thiazole rings is 1. The number of amides is 1. The number of hydrogen-bond acceptors (Lipinski definition) is 7. The summed E-state index contributed by atoms with van der Waals surface area (Å²) in [5.41, 5.74) is 2.99. The number of anilines is 1. The van der Waals surface area contributed by atoms with Crippen LogP contribution in [0, 0.1) is 6.92 Å². The monoisotopic (exact) mass is 403 g/mol. The highest BCUT2D eigenvalue weighted by atomic mass is 32.1. The van der Waals surface area contributed by atoms with Crippen molar-refractivity contribution in [3.63, 3.8) is 0 Å². The molecule has 0 aliphatic carbocycles. The highest BCUT2D eigenvalue weighted by molar-refractivity contribution is 7.13. The van der Waals surface area contributed by atoms with Crippen LogP contribution in [0.2, 0.25) is 0 Å². The smallest absolute Gasteiger partial charge is 0.240 e. The summed E-state index contributed by atoms with van der Waals surface area (Å²) in [6.45, 7) is 3.69. The average molecular weight is 404 g/mol. The largest absolute Gasteiger partial charge is 0.496 e. The van der Waals surface area contributed by atoms with Crippen molar-refractivity contribution in [2.75, 3.05) is 46.3 Å². The Kier molecular flexibility index (Phi) is 6.53. The van der Waals surface area contributed by atoms with Gasteiger partial charge in [0.2, 0.25) is 5.91 Å². The predicted octanol–water partition coefficient (Wildman–Crippen LogP) is 3.21. The summed E-state index contributed by atoms with van der Waals surface area (Å²) in [7, 11) is 4.89. The Hall–Kier alpha value is -2.58. The molecule has 1 aliphatic heterocycles. The molecule has 0 saturated carbocycles. The van der Waals surface area contributed by atoms with Crippen molar-refractivity contribution in [3.8, 4) is 17.2 Å². The van der Waals surface area contributed by atoms with Crippen LogP contribution < -0.4 is 19.5 Å². The third kappa shape index (κ3) is 4.63. The maximum atomic E-state index is 12.3. The fourth-order valence-corrected chi connectivity index (χ4v) is 3.88. The molecule has 28 heavy (non-hydrogen) atoms. The van der Waals surface area contributed by atoms with Crippen LogP contribution in [-0.2, 0) is 4.79 Å². The highest BCUT2D eigenvalue weighted by Crippen LogP contribution is 2.40. The van der Waals surface area contributed by atoms with E-state index >= 15 is 0 Å². The Balaban J connectivity index is 1.69. The van der Waals surface area contributed by atoms with Gasteiger partial charge in [0.1, 0.15) is 17.2 Å². The molecule has 8 heteroatoms. The van der Waals surface area contributed by atoms with Crippen LogP contribution in [0.4, 0.5) is 5.13 Å². The summed E-state index contributed by atoms with van der Waals surface area (Å²) in [6.07, 6.45) is 2.92. The van der Waals surface area contributed by atoms with Crippen molar-refractivity contribution in [1.82, 2.24) is 9.88 Å². The van der Waals surface area contributed by atoms with E-state index in [-0.39, 0.29) is 5.91 Å². The van der Waals surface area contributed by atoms with Crippen LogP contribution in [0.15, 0.2) is 23.6 Å². The Bertz CT molecular complexity index is 853. The molecule has 0 atom stereocenters. The third-order valence-corrected chi connectivity index (χ3v) is 5.44. The molecule has 3 rings (SSSR count). The number of methoxy groups -OCH3 is 3. The number of aryl methyl sites for hydroxylation is 1.